The fourth-order valence-corrected chi connectivity index (χ4v) is 4.38. The Kier molecular flexibility index (Phi) is 6.72. The monoisotopic (exact) mass is 478 g/mol. The van der Waals surface area contributed by atoms with E-state index in [2.05, 4.69) is 37.3 Å². The molecule has 1 fully saturated rings. The maximum absolute atomic E-state index is 13.0. The van der Waals surface area contributed by atoms with Crippen LogP contribution in [0.5, 0.6) is 5.75 Å². The van der Waals surface area contributed by atoms with Gasteiger partial charge in [0.1, 0.15) is 5.75 Å². The van der Waals surface area contributed by atoms with E-state index in [-0.39, 0.29) is 11.7 Å². The van der Waals surface area contributed by atoms with Crippen molar-refractivity contribution in [2.24, 2.45) is 0 Å². The van der Waals surface area contributed by atoms with Gasteiger partial charge in [-0.1, -0.05) is 30.0 Å². The number of carbonyl (C=O) groups excluding carboxylic acids is 1. The molecule has 0 saturated carbocycles. The predicted octanol–water partition coefficient (Wildman–Crippen LogP) is 3.39. The first kappa shape index (κ1) is 22.9. The topological polar surface area (TPSA) is 76.4 Å². The lowest BCUT2D eigenvalue weighted by molar-refractivity contribution is -0.274. The number of hydrogen-bond donors (Lipinski definition) is 0. The predicted molar refractivity (Wildman–Crippen MR) is 116 cm³/mol. The Bertz CT molecular complexity index is 1070. The van der Waals surface area contributed by atoms with Gasteiger partial charge in [0.2, 0.25) is 11.1 Å². The molecule has 0 bridgehead atoms. The van der Waals surface area contributed by atoms with Gasteiger partial charge in [-0.2, -0.15) is 4.68 Å². The number of piperazine rings is 1. The van der Waals surface area contributed by atoms with Crippen molar-refractivity contribution in [3.05, 3.63) is 54.6 Å². The molecule has 0 radical (unpaired) electrons. The minimum absolute atomic E-state index is 0.0174. The number of anilines is 1. The molecule has 4 rings (SSSR count). The molecule has 1 atom stereocenters. The van der Waals surface area contributed by atoms with Crippen LogP contribution >= 0.6 is 11.8 Å². The van der Waals surface area contributed by atoms with Crippen molar-refractivity contribution in [3.8, 4) is 11.4 Å². The fourth-order valence-electron chi connectivity index (χ4n) is 3.49. The average Bonchev–Trinajstić information content (AvgIpc) is 3.27. The first-order chi connectivity index (χ1) is 15.8. The van der Waals surface area contributed by atoms with Gasteiger partial charge in [0.15, 0.2) is 0 Å². The number of amides is 1. The van der Waals surface area contributed by atoms with Crippen molar-refractivity contribution in [3.63, 3.8) is 0 Å². The van der Waals surface area contributed by atoms with Gasteiger partial charge in [0, 0.05) is 31.9 Å². The summed E-state index contributed by atoms with van der Waals surface area (Å²) in [5, 5.41) is 11.4. The van der Waals surface area contributed by atoms with Crippen molar-refractivity contribution in [2.45, 2.75) is 23.7 Å². The minimum atomic E-state index is -4.76. The molecular weight excluding hydrogens is 457 g/mol. The van der Waals surface area contributed by atoms with Gasteiger partial charge in [0.05, 0.1) is 10.9 Å². The lowest BCUT2D eigenvalue weighted by Gasteiger charge is -2.37. The number of ether oxygens (including phenoxy) is 1. The summed E-state index contributed by atoms with van der Waals surface area (Å²) in [6, 6.07) is 15.3. The number of hydrogen-bond acceptors (Lipinski definition) is 7. The maximum Gasteiger partial charge on any atom is 0.573 e. The third-order valence-corrected chi connectivity index (χ3v) is 6.12. The molecule has 0 spiro atoms. The molecule has 1 aromatic heterocycles. The van der Waals surface area contributed by atoms with Crippen LogP contribution in [0.4, 0.5) is 18.9 Å². The van der Waals surface area contributed by atoms with E-state index in [1.54, 1.807) is 6.92 Å². The van der Waals surface area contributed by atoms with Gasteiger partial charge in [0.25, 0.3) is 0 Å². The third-order valence-electron chi connectivity index (χ3n) is 5.10. The van der Waals surface area contributed by atoms with Gasteiger partial charge in [-0.3, -0.25) is 4.79 Å². The van der Waals surface area contributed by atoms with Crippen LogP contribution in [0.25, 0.3) is 5.69 Å². The highest BCUT2D eigenvalue weighted by Crippen LogP contribution is 2.27. The number of nitrogens with zero attached hydrogens (tertiary/aromatic N) is 6. The zero-order valence-corrected chi connectivity index (χ0v) is 18.5. The van der Waals surface area contributed by atoms with Gasteiger partial charge < -0.3 is 14.5 Å². The second-order valence-corrected chi connectivity index (χ2v) is 8.63. The second kappa shape index (κ2) is 9.69. The van der Waals surface area contributed by atoms with Crippen LogP contribution in [0.15, 0.2) is 59.8 Å². The van der Waals surface area contributed by atoms with E-state index < -0.39 is 11.6 Å². The lowest BCUT2D eigenvalue weighted by Crippen LogP contribution is -2.50. The molecular formula is C21H21F3N6O2S. The normalized spacial score (nSPS) is 15.4. The summed E-state index contributed by atoms with van der Waals surface area (Å²) in [5.41, 5.74) is 1.59. The van der Waals surface area contributed by atoms with Crippen LogP contribution in [0.1, 0.15) is 6.92 Å². The van der Waals surface area contributed by atoms with E-state index in [1.807, 2.05) is 23.1 Å². The molecule has 174 valence electrons. The number of aromatic nitrogens is 4. The molecule has 1 aliphatic heterocycles. The SMILES string of the molecule is CC(Sc1nnnn1-c1ccc(OC(F)(F)F)cc1)C(=O)N1CCN(c2ccccc2)CC1. The van der Waals surface area contributed by atoms with Gasteiger partial charge in [-0.25, -0.2) is 0 Å². The molecule has 2 aromatic carbocycles. The van der Waals surface area contributed by atoms with E-state index >= 15 is 0 Å². The van der Waals surface area contributed by atoms with Gasteiger partial charge in [-0.15, -0.1) is 18.3 Å². The summed E-state index contributed by atoms with van der Waals surface area (Å²) < 4.78 is 42.3. The summed E-state index contributed by atoms with van der Waals surface area (Å²) in [6.45, 7) is 4.51. The van der Waals surface area contributed by atoms with Crippen LogP contribution < -0.4 is 9.64 Å². The van der Waals surface area contributed by atoms with Crippen molar-refractivity contribution in [1.82, 2.24) is 25.1 Å². The van der Waals surface area contributed by atoms with Crippen molar-refractivity contribution in [1.29, 1.82) is 0 Å². The van der Waals surface area contributed by atoms with Gasteiger partial charge >= 0.3 is 6.36 Å². The van der Waals surface area contributed by atoms with Crippen LogP contribution in [0, 0.1) is 0 Å². The molecule has 1 unspecified atom stereocenters. The smallest absolute Gasteiger partial charge is 0.406 e. The minimum Gasteiger partial charge on any atom is -0.406 e. The van der Waals surface area contributed by atoms with Crippen LogP contribution in [-0.4, -0.2) is 68.8 Å². The van der Waals surface area contributed by atoms with E-state index in [4.69, 9.17) is 0 Å². The largest absolute Gasteiger partial charge is 0.573 e. The summed E-state index contributed by atoms with van der Waals surface area (Å²) in [7, 11) is 0. The number of para-hydroxylation sites is 1. The Morgan fingerprint density at radius 2 is 1.67 bits per heavy atom. The lowest BCUT2D eigenvalue weighted by atomic mass is 10.2. The van der Waals surface area contributed by atoms with E-state index in [0.717, 1.165) is 18.8 Å². The Morgan fingerprint density at radius 3 is 2.30 bits per heavy atom. The summed E-state index contributed by atoms with van der Waals surface area (Å²) in [4.78, 5) is 17.1. The average molecular weight is 479 g/mol. The molecule has 0 N–H and O–H groups in total. The zero-order chi connectivity index (χ0) is 23.4. The molecule has 33 heavy (non-hydrogen) atoms. The van der Waals surface area contributed by atoms with Crippen molar-refractivity contribution < 1.29 is 22.7 Å². The number of benzene rings is 2. The van der Waals surface area contributed by atoms with E-state index in [0.29, 0.717) is 23.9 Å². The number of tetrazole rings is 1. The fraction of sp³-hybridized carbons (Fsp3) is 0.333. The first-order valence-corrected chi connectivity index (χ1v) is 11.1. The van der Waals surface area contributed by atoms with Crippen LogP contribution in [-0.2, 0) is 4.79 Å². The quantitative estimate of drug-likeness (QED) is 0.503. The molecule has 0 aliphatic carbocycles. The second-order valence-electron chi connectivity index (χ2n) is 7.32. The Balaban J connectivity index is 1.36. The van der Waals surface area contributed by atoms with Crippen molar-refractivity contribution in [2.75, 3.05) is 31.1 Å². The molecule has 12 heteroatoms. The number of carbonyl (C=O) groups is 1. The molecule has 1 amide bonds. The Labute approximate surface area is 192 Å². The zero-order valence-electron chi connectivity index (χ0n) is 17.6. The highest BCUT2D eigenvalue weighted by Gasteiger charge is 2.31. The number of halogens is 3. The highest BCUT2D eigenvalue weighted by molar-refractivity contribution is 8.00. The molecule has 2 heterocycles. The van der Waals surface area contributed by atoms with E-state index in [1.165, 1.54) is 40.7 Å². The summed E-state index contributed by atoms with van der Waals surface area (Å²) in [6.07, 6.45) is -4.76. The molecule has 3 aromatic rings. The Hall–Kier alpha value is -3.28. The standard InChI is InChI=1S/C21H21F3N6O2S/c1-15(19(31)29-13-11-28(12-14-29)16-5-3-2-4-6-16)33-20-25-26-27-30(20)17-7-9-18(10-8-17)32-21(22,23)24/h2-10,15H,11-14H2,1H3. The van der Waals surface area contributed by atoms with Crippen LogP contribution in [0.3, 0.4) is 0 Å². The maximum atomic E-state index is 13.0. The third kappa shape index (κ3) is 5.75. The van der Waals surface area contributed by atoms with Crippen molar-refractivity contribution >= 4 is 23.4 Å². The van der Waals surface area contributed by atoms with Crippen LogP contribution in [0.2, 0.25) is 0 Å². The molecule has 1 aliphatic rings. The first-order valence-electron chi connectivity index (χ1n) is 10.2. The highest BCUT2D eigenvalue weighted by atomic mass is 32.2. The number of rotatable bonds is 6. The van der Waals surface area contributed by atoms with E-state index in [9.17, 15) is 18.0 Å². The molecule has 8 nitrogen and oxygen atoms in total. The summed E-state index contributed by atoms with van der Waals surface area (Å²) in [5.74, 6) is -0.358. The summed E-state index contributed by atoms with van der Waals surface area (Å²) >= 11 is 1.20. The number of thioether (sulfide) groups is 1. The molecule has 1 saturated heterocycles. The number of alkyl halides is 3. The van der Waals surface area contributed by atoms with Gasteiger partial charge in [-0.05, 0) is 53.7 Å². The Morgan fingerprint density at radius 1 is 1.00 bits per heavy atom.